The van der Waals surface area contributed by atoms with Crippen LogP contribution in [0.3, 0.4) is 0 Å². The lowest BCUT2D eigenvalue weighted by Gasteiger charge is -2.26. The average Bonchev–Trinajstić information content (AvgIpc) is 3.18. The number of fused-ring (bicyclic) bond motifs is 1. The molecule has 4 aromatic carbocycles. The Morgan fingerprint density at radius 2 is 1.83 bits per heavy atom. The Kier molecular flexibility index (Phi) is 13.9. The number of aliphatic imine (C=N–C) groups is 1. The molecule has 1 saturated heterocycles. The Hall–Kier alpha value is -6.06. The monoisotopic (exact) mass is 800 g/mol. The molecule has 1 aromatic heterocycles. The van der Waals surface area contributed by atoms with Crippen LogP contribution in [0, 0.1) is 23.7 Å². The van der Waals surface area contributed by atoms with E-state index in [0.717, 1.165) is 49.2 Å². The molecule has 13 nitrogen and oxygen atoms in total. The van der Waals surface area contributed by atoms with Gasteiger partial charge in [-0.25, -0.2) is 14.8 Å². The highest BCUT2D eigenvalue weighted by Crippen LogP contribution is 2.41. The van der Waals surface area contributed by atoms with Crippen molar-refractivity contribution in [3.05, 3.63) is 102 Å². The van der Waals surface area contributed by atoms with E-state index in [9.17, 15) is 9.36 Å². The number of nitrogens with one attached hydrogen (secondary N) is 4. The van der Waals surface area contributed by atoms with Gasteiger partial charge in [0.15, 0.2) is 0 Å². The van der Waals surface area contributed by atoms with Gasteiger partial charge in [0.2, 0.25) is 11.8 Å². The Morgan fingerprint density at radius 1 is 1.03 bits per heavy atom. The summed E-state index contributed by atoms with van der Waals surface area (Å²) in [6.45, 7) is 11.9. The van der Waals surface area contributed by atoms with Crippen LogP contribution in [0.15, 0.2) is 96.1 Å². The number of rotatable bonds is 15. The van der Waals surface area contributed by atoms with Crippen LogP contribution in [0.25, 0.3) is 10.8 Å². The van der Waals surface area contributed by atoms with Crippen molar-refractivity contribution in [1.82, 2.24) is 20.2 Å². The van der Waals surface area contributed by atoms with Crippen LogP contribution in [0.2, 0.25) is 0 Å². The average molecular weight is 801 g/mol. The molecule has 0 unspecified atom stereocenters. The molecule has 0 atom stereocenters. The number of anilines is 3. The molecular weight excluding hydrogens is 752 g/mol. The molecule has 6 rings (SSSR count). The number of carbonyl (C=O) groups excluding carboxylic acids is 1. The van der Waals surface area contributed by atoms with Crippen molar-refractivity contribution in [2.45, 2.75) is 26.4 Å². The zero-order valence-electron chi connectivity index (χ0n) is 33.2. The predicted molar refractivity (Wildman–Crippen MR) is 232 cm³/mol. The summed E-state index contributed by atoms with van der Waals surface area (Å²) in [5.41, 5.74) is 3.78. The topological polar surface area (TPSA) is 163 Å². The van der Waals surface area contributed by atoms with Gasteiger partial charge in [0.25, 0.3) is 0 Å². The third kappa shape index (κ3) is 12.2. The van der Waals surface area contributed by atoms with E-state index < -0.39 is 13.2 Å². The van der Waals surface area contributed by atoms with Crippen molar-refractivity contribution < 1.29 is 23.6 Å². The number of aromatic nitrogens is 2. The molecule has 1 fully saturated rings. The van der Waals surface area contributed by atoms with Crippen molar-refractivity contribution in [2.75, 3.05) is 63.4 Å². The van der Waals surface area contributed by atoms with E-state index in [2.05, 4.69) is 36.7 Å². The van der Waals surface area contributed by atoms with Gasteiger partial charge in [-0.15, -0.1) is 6.42 Å². The molecule has 2 amide bonds. The molecule has 300 valence electrons. The van der Waals surface area contributed by atoms with Crippen LogP contribution in [-0.2, 0) is 15.5 Å². The zero-order valence-corrected chi connectivity index (χ0v) is 34.1. The molecule has 4 N–H and O–H groups in total. The summed E-state index contributed by atoms with van der Waals surface area (Å²) in [5, 5.41) is 19.0. The predicted octanol–water partition coefficient (Wildman–Crippen LogP) is 8.90. The molecule has 58 heavy (non-hydrogen) atoms. The molecule has 1 aliphatic rings. The third-order valence-electron chi connectivity index (χ3n) is 9.14. The number of amidine groups is 1. The van der Waals surface area contributed by atoms with Gasteiger partial charge in [0, 0.05) is 78.3 Å². The molecule has 0 spiro atoms. The molecule has 14 heteroatoms. The second-order valence-electron chi connectivity index (χ2n) is 14.7. The van der Waals surface area contributed by atoms with Crippen molar-refractivity contribution in [2.24, 2.45) is 10.9 Å². The first-order chi connectivity index (χ1) is 27.9. The number of morpholine rings is 1. The van der Waals surface area contributed by atoms with E-state index in [4.69, 9.17) is 31.0 Å². The van der Waals surface area contributed by atoms with Gasteiger partial charge in [-0.2, -0.15) is 4.98 Å². The van der Waals surface area contributed by atoms with Crippen LogP contribution < -0.4 is 25.4 Å². The minimum Gasteiger partial charge on any atom is -0.492 e. The molecule has 0 bridgehead atoms. The molecule has 0 aliphatic carbocycles. The summed E-state index contributed by atoms with van der Waals surface area (Å²) in [5.74, 6) is 4.73. The number of benzene rings is 4. The van der Waals surface area contributed by atoms with E-state index in [-0.39, 0.29) is 12.3 Å². The highest BCUT2D eigenvalue weighted by atomic mass is 31.2. The van der Waals surface area contributed by atoms with Crippen molar-refractivity contribution in [3.8, 4) is 29.7 Å². The number of carbonyl (C=O) groups is 1. The van der Waals surface area contributed by atoms with Crippen LogP contribution in [0.5, 0.6) is 17.4 Å². The fourth-order valence-corrected chi connectivity index (χ4v) is 7.30. The molecule has 2 heterocycles. The van der Waals surface area contributed by atoms with E-state index in [1.54, 1.807) is 37.7 Å². The lowest BCUT2D eigenvalue weighted by atomic mass is 10.0. The Labute approximate surface area is 339 Å². The maximum absolute atomic E-state index is 13.5. The van der Waals surface area contributed by atoms with Gasteiger partial charge in [-0.05, 0) is 61.2 Å². The normalized spacial score (nSPS) is 13.5. The fraction of sp³-hybridized carbons (Fsp3) is 0.295. The number of urea groups is 1. The smallest absolute Gasteiger partial charge is 0.324 e. The Morgan fingerprint density at radius 3 is 2.59 bits per heavy atom. The Balaban J connectivity index is 1.15. The largest absolute Gasteiger partial charge is 0.492 e. The van der Waals surface area contributed by atoms with Crippen LogP contribution in [0.1, 0.15) is 31.4 Å². The van der Waals surface area contributed by atoms with Gasteiger partial charge in [0.05, 0.1) is 31.7 Å². The minimum absolute atomic E-state index is 0.0336. The van der Waals surface area contributed by atoms with Gasteiger partial charge in [-0.1, -0.05) is 56.2 Å². The molecule has 5 aromatic rings. The van der Waals surface area contributed by atoms with Crippen molar-refractivity contribution >= 4 is 58.5 Å². The highest BCUT2D eigenvalue weighted by molar-refractivity contribution is 7.61. The summed E-state index contributed by atoms with van der Waals surface area (Å²) < 4.78 is 30.2. The summed E-state index contributed by atoms with van der Waals surface area (Å²) in [6.07, 6.45) is 7.95. The maximum atomic E-state index is 13.5. The number of terminal acetylenes is 1. The van der Waals surface area contributed by atoms with Crippen LogP contribution >= 0.6 is 7.14 Å². The van der Waals surface area contributed by atoms with Crippen molar-refractivity contribution in [3.63, 3.8) is 0 Å². The van der Waals surface area contributed by atoms with Crippen LogP contribution in [-0.4, -0.2) is 85.2 Å². The SMILES string of the molecule is C#Cc1cc(Nc2nccc(Oc3ccc(NC(=O)NC(CC(=N)C(C)C)=Nc4cccc(CP(C)(C)=O)c4)c4ccccc34)n2)cc(OCCN2CCOCC2)c1. The number of nitrogens with zero attached hydrogens (tertiary/aromatic N) is 4. The van der Waals surface area contributed by atoms with Gasteiger partial charge in [0.1, 0.15) is 23.9 Å². The van der Waals surface area contributed by atoms with E-state index >= 15 is 0 Å². The van der Waals surface area contributed by atoms with E-state index in [1.165, 1.54) is 0 Å². The fourth-order valence-electron chi connectivity index (χ4n) is 6.23. The second-order valence-corrected chi connectivity index (χ2v) is 18.2. The highest BCUT2D eigenvalue weighted by Gasteiger charge is 2.16. The molecular formula is C44H49N8O5P. The van der Waals surface area contributed by atoms with E-state index in [0.29, 0.717) is 70.3 Å². The molecule has 1 aliphatic heterocycles. The van der Waals surface area contributed by atoms with Gasteiger partial charge in [-0.3, -0.25) is 10.2 Å². The maximum Gasteiger partial charge on any atom is 0.324 e. The van der Waals surface area contributed by atoms with Gasteiger partial charge >= 0.3 is 6.03 Å². The van der Waals surface area contributed by atoms with E-state index in [1.807, 2.05) is 80.6 Å². The first-order valence-electron chi connectivity index (χ1n) is 19.1. The number of hydrogen-bond donors (Lipinski definition) is 4. The number of hydrogen-bond acceptors (Lipinski definition) is 11. The lowest BCUT2D eigenvalue weighted by Crippen LogP contribution is -2.38. The quantitative estimate of drug-likeness (QED) is 0.0351. The third-order valence-corrected chi connectivity index (χ3v) is 10.3. The minimum atomic E-state index is -2.30. The summed E-state index contributed by atoms with van der Waals surface area (Å²) in [6, 6.07) is 25.2. The summed E-state index contributed by atoms with van der Waals surface area (Å²) >= 11 is 0. The second kappa shape index (κ2) is 19.4. The first-order valence-corrected chi connectivity index (χ1v) is 21.9. The van der Waals surface area contributed by atoms with Crippen molar-refractivity contribution in [1.29, 1.82) is 5.41 Å². The zero-order chi connectivity index (χ0) is 41.1. The van der Waals surface area contributed by atoms with Crippen LogP contribution in [0.4, 0.5) is 27.8 Å². The number of ether oxygens (including phenoxy) is 3. The first kappa shape index (κ1) is 41.6. The standard InChI is InChI=1S/C44H49N8O5P/c1-6-31-24-34(27-35(26-31)56-23-20-52-18-21-55-22-19-52)48-43-46-17-16-42(51-43)57-40-15-14-39(36-12-7-8-13-37(36)40)49-44(53)50-41(28-38(45)30(2)3)47-33-11-9-10-32(25-33)29-58(4,5)54/h1,7-17,24-27,30,45H,18-23,28-29H2,2-5H3,(H,46,48,51)(H2,47,49,50,53). The summed E-state index contributed by atoms with van der Waals surface area (Å²) in [7, 11) is -2.30. The summed E-state index contributed by atoms with van der Waals surface area (Å²) in [4.78, 5) is 29.5. The molecule has 0 saturated carbocycles. The van der Waals surface area contributed by atoms with Gasteiger partial charge < -0.3 is 34.8 Å². The Bertz CT molecular complexity index is 2380. The molecule has 0 radical (unpaired) electrons. The lowest BCUT2D eigenvalue weighted by molar-refractivity contribution is 0.0322. The number of amides is 2.